The number of carboxylic acid groups (broad SMARTS) is 1. The first-order valence-electron chi connectivity index (χ1n) is 6.12. The fraction of sp³-hybridized carbons (Fsp3) is 0.214. The average Bonchev–Trinajstić information content (AvgIpc) is 2.89. The molecule has 0 aliphatic carbocycles. The van der Waals surface area contributed by atoms with Gasteiger partial charge >= 0.3 is 5.97 Å². The van der Waals surface area contributed by atoms with Crippen LogP contribution in [0.3, 0.4) is 0 Å². The van der Waals surface area contributed by atoms with E-state index in [9.17, 15) is 9.90 Å². The SMILES string of the molecule is CCCSc1c(C(=O)O)cnn1-c1ccc(C#N)cc1. The minimum atomic E-state index is -0.983. The van der Waals surface area contributed by atoms with Gasteiger partial charge in [0, 0.05) is 0 Å². The maximum atomic E-state index is 11.2. The van der Waals surface area contributed by atoms with Gasteiger partial charge in [0.25, 0.3) is 0 Å². The van der Waals surface area contributed by atoms with Crippen LogP contribution in [0.4, 0.5) is 0 Å². The Bertz CT molecular complexity index is 656. The molecule has 0 saturated heterocycles. The van der Waals surface area contributed by atoms with Gasteiger partial charge in [-0.2, -0.15) is 10.4 Å². The molecule has 2 aromatic rings. The maximum Gasteiger partial charge on any atom is 0.340 e. The Labute approximate surface area is 120 Å². The summed E-state index contributed by atoms with van der Waals surface area (Å²) in [7, 11) is 0. The summed E-state index contributed by atoms with van der Waals surface area (Å²) in [4.78, 5) is 11.2. The number of benzene rings is 1. The van der Waals surface area contributed by atoms with Crippen molar-refractivity contribution in [2.75, 3.05) is 5.75 Å². The van der Waals surface area contributed by atoms with Crippen molar-refractivity contribution in [3.63, 3.8) is 0 Å². The van der Waals surface area contributed by atoms with Gasteiger partial charge in [0.05, 0.1) is 23.5 Å². The molecule has 102 valence electrons. The van der Waals surface area contributed by atoms with Crippen molar-refractivity contribution in [2.45, 2.75) is 18.4 Å². The number of carboxylic acids is 1. The van der Waals surface area contributed by atoms with Gasteiger partial charge in [0.15, 0.2) is 0 Å². The third kappa shape index (κ3) is 2.83. The molecule has 0 amide bonds. The first-order chi connectivity index (χ1) is 9.67. The molecule has 1 aromatic carbocycles. The average molecular weight is 287 g/mol. The topological polar surface area (TPSA) is 78.9 Å². The molecule has 0 unspecified atom stereocenters. The van der Waals surface area contributed by atoms with E-state index in [1.807, 2.05) is 13.0 Å². The van der Waals surface area contributed by atoms with Crippen molar-refractivity contribution in [2.24, 2.45) is 0 Å². The molecule has 1 aromatic heterocycles. The van der Waals surface area contributed by atoms with Crippen molar-refractivity contribution < 1.29 is 9.90 Å². The number of carbonyl (C=O) groups is 1. The minimum absolute atomic E-state index is 0.202. The number of rotatable bonds is 5. The third-order valence-corrected chi connectivity index (χ3v) is 3.92. The summed E-state index contributed by atoms with van der Waals surface area (Å²) < 4.78 is 1.60. The van der Waals surface area contributed by atoms with Crippen LogP contribution in [0.2, 0.25) is 0 Å². The molecule has 0 aliphatic heterocycles. The number of aromatic nitrogens is 2. The number of nitrogens with zero attached hydrogens (tertiary/aromatic N) is 3. The van der Waals surface area contributed by atoms with Crippen LogP contribution in [-0.4, -0.2) is 26.6 Å². The van der Waals surface area contributed by atoms with E-state index in [0.717, 1.165) is 17.9 Å². The van der Waals surface area contributed by atoms with E-state index < -0.39 is 5.97 Å². The van der Waals surface area contributed by atoms with Crippen LogP contribution in [0.25, 0.3) is 5.69 Å². The summed E-state index contributed by atoms with van der Waals surface area (Å²) in [5.41, 5.74) is 1.50. The monoisotopic (exact) mass is 287 g/mol. The highest BCUT2D eigenvalue weighted by Crippen LogP contribution is 2.26. The van der Waals surface area contributed by atoms with Crippen molar-refractivity contribution in [1.29, 1.82) is 5.26 Å². The summed E-state index contributed by atoms with van der Waals surface area (Å²) in [5, 5.41) is 22.8. The predicted molar refractivity (Wildman–Crippen MR) is 76.3 cm³/mol. The summed E-state index contributed by atoms with van der Waals surface area (Å²) in [6.45, 7) is 2.04. The lowest BCUT2D eigenvalue weighted by Gasteiger charge is -2.07. The van der Waals surface area contributed by atoms with E-state index >= 15 is 0 Å². The second kappa shape index (κ2) is 6.26. The highest BCUT2D eigenvalue weighted by atomic mass is 32.2. The molecule has 0 saturated carbocycles. The lowest BCUT2D eigenvalue weighted by Crippen LogP contribution is -2.02. The van der Waals surface area contributed by atoms with Crippen molar-refractivity contribution in [1.82, 2.24) is 9.78 Å². The number of thioether (sulfide) groups is 1. The summed E-state index contributed by atoms with van der Waals surface area (Å²) in [6, 6.07) is 8.94. The lowest BCUT2D eigenvalue weighted by atomic mass is 10.2. The molecule has 1 N–H and O–H groups in total. The Morgan fingerprint density at radius 2 is 2.15 bits per heavy atom. The normalized spacial score (nSPS) is 10.2. The highest BCUT2D eigenvalue weighted by molar-refractivity contribution is 7.99. The van der Waals surface area contributed by atoms with Gasteiger partial charge in [-0.1, -0.05) is 6.92 Å². The lowest BCUT2D eigenvalue weighted by molar-refractivity contribution is 0.0693. The van der Waals surface area contributed by atoms with E-state index in [2.05, 4.69) is 5.10 Å². The molecule has 0 spiro atoms. The molecular formula is C14H13N3O2S. The minimum Gasteiger partial charge on any atom is -0.478 e. The van der Waals surface area contributed by atoms with Gasteiger partial charge in [-0.3, -0.25) is 0 Å². The van der Waals surface area contributed by atoms with Gasteiger partial charge in [0.2, 0.25) is 0 Å². The van der Waals surface area contributed by atoms with Gasteiger partial charge < -0.3 is 5.11 Å². The van der Waals surface area contributed by atoms with E-state index in [-0.39, 0.29) is 5.56 Å². The van der Waals surface area contributed by atoms with Crippen LogP contribution in [0.1, 0.15) is 29.3 Å². The molecule has 20 heavy (non-hydrogen) atoms. The molecule has 6 heteroatoms. The fourth-order valence-corrected chi connectivity index (χ4v) is 2.65. The number of nitriles is 1. The molecule has 0 atom stereocenters. The van der Waals surface area contributed by atoms with E-state index in [1.165, 1.54) is 18.0 Å². The molecule has 0 aliphatic rings. The fourth-order valence-electron chi connectivity index (χ4n) is 1.68. The quantitative estimate of drug-likeness (QED) is 0.855. The second-order valence-corrected chi connectivity index (χ2v) is 5.17. The highest BCUT2D eigenvalue weighted by Gasteiger charge is 2.17. The molecule has 0 fully saturated rings. The standard InChI is InChI=1S/C14H13N3O2S/c1-2-7-20-13-12(14(18)19)9-16-17(13)11-5-3-10(8-15)4-6-11/h3-6,9H,2,7H2,1H3,(H,18,19). The summed E-state index contributed by atoms with van der Waals surface area (Å²) in [5.74, 6) is -0.161. The van der Waals surface area contributed by atoms with Crippen molar-refractivity contribution in [3.05, 3.63) is 41.6 Å². The summed E-state index contributed by atoms with van der Waals surface area (Å²) in [6.07, 6.45) is 2.31. The van der Waals surface area contributed by atoms with Crippen LogP contribution in [0, 0.1) is 11.3 Å². The molecule has 1 heterocycles. The van der Waals surface area contributed by atoms with E-state index in [1.54, 1.807) is 28.9 Å². The van der Waals surface area contributed by atoms with Crippen molar-refractivity contribution >= 4 is 17.7 Å². The predicted octanol–water partition coefficient (Wildman–Crippen LogP) is 2.94. The van der Waals surface area contributed by atoms with Crippen LogP contribution in [0.5, 0.6) is 0 Å². The van der Waals surface area contributed by atoms with Crippen LogP contribution >= 0.6 is 11.8 Å². The van der Waals surface area contributed by atoms with Gasteiger partial charge in [0.1, 0.15) is 10.6 Å². The van der Waals surface area contributed by atoms with Gasteiger partial charge in [-0.05, 0) is 36.4 Å². The van der Waals surface area contributed by atoms with E-state index in [0.29, 0.717) is 10.6 Å². The second-order valence-electron chi connectivity index (χ2n) is 4.09. The number of hydrogen-bond acceptors (Lipinski definition) is 4. The molecule has 2 rings (SSSR count). The zero-order valence-electron chi connectivity index (χ0n) is 10.9. The zero-order valence-corrected chi connectivity index (χ0v) is 11.7. The third-order valence-electron chi connectivity index (χ3n) is 2.64. The largest absolute Gasteiger partial charge is 0.478 e. The Hall–Kier alpha value is -2.26. The van der Waals surface area contributed by atoms with E-state index in [4.69, 9.17) is 5.26 Å². The summed E-state index contributed by atoms with van der Waals surface area (Å²) >= 11 is 1.47. The molecular weight excluding hydrogens is 274 g/mol. The molecule has 0 radical (unpaired) electrons. The Morgan fingerprint density at radius 3 is 2.70 bits per heavy atom. The number of hydrogen-bond donors (Lipinski definition) is 1. The Balaban J connectivity index is 2.44. The number of aromatic carboxylic acids is 1. The Morgan fingerprint density at radius 1 is 1.45 bits per heavy atom. The van der Waals surface area contributed by atoms with Crippen molar-refractivity contribution in [3.8, 4) is 11.8 Å². The smallest absolute Gasteiger partial charge is 0.340 e. The molecule has 0 bridgehead atoms. The maximum absolute atomic E-state index is 11.2. The Kier molecular flexibility index (Phi) is 4.43. The van der Waals surface area contributed by atoms with Crippen LogP contribution < -0.4 is 0 Å². The first kappa shape index (κ1) is 14.2. The van der Waals surface area contributed by atoms with Gasteiger partial charge in [-0.15, -0.1) is 11.8 Å². The van der Waals surface area contributed by atoms with Gasteiger partial charge in [-0.25, -0.2) is 9.48 Å². The molecule has 5 nitrogen and oxygen atoms in total. The van der Waals surface area contributed by atoms with Crippen LogP contribution in [0.15, 0.2) is 35.5 Å². The van der Waals surface area contributed by atoms with Crippen LogP contribution in [-0.2, 0) is 0 Å². The zero-order chi connectivity index (χ0) is 14.5. The first-order valence-corrected chi connectivity index (χ1v) is 7.10.